The molecule has 34 heavy (non-hydrogen) atoms. The van der Waals surface area contributed by atoms with E-state index in [1.165, 1.54) is 16.8 Å². The number of piperazine rings is 1. The summed E-state index contributed by atoms with van der Waals surface area (Å²) in [6.07, 6.45) is 1.50. The molecule has 0 saturated carbocycles. The number of likely N-dealkylation sites (N-methyl/N-ethyl adjacent to an activating group) is 1. The van der Waals surface area contributed by atoms with Crippen LogP contribution in [0.15, 0.2) is 36.5 Å². The predicted molar refractivity (Wildman–Crippen MR) is 134 cm³/mol. The van der Waals surface area contributed by atoms with Crippen molar-refractivity contribution < 1.29 is 4.79 Å². The molecule has 0 unspecified atom stereocenters. The Morgan fingerprint density at radius 2 is 1.74 bits per heavy atom. The average molecular weight is 464 g/mol. The van der Waals surface area contributed by atoms with E-state index in [1.54, 1.807) is 6.07 Å². The summed E-state index contributed by atoms with van der Waals surface area (Å²) in [7, 11) is 2.16. The first-order valence-electron chi connectivity index (χ1n) is 11.8. The minimum Gasteiger partial charge on any atom is -0.304 e. The van der Waals surface area contributed by atoms with Crippen molar-refractivity contribution in [1.29, 1.82) is 5.26 Å². The molecular weight excluding hydrogens is 426 g/mol. The van der Waals surface area contributed by atoms with Crippen LogP contribution in [0.2, 0.25) is 0 Å². The van der Waals surface area contributed by atoms with Crippen molar-refractivity contribution in [2.45, 2.75) is 46.6 Å². The van der Waals surface area contributed by atoms with Crippen LogP contribution in [0.1, 0.15) is 51.6 Å². The quantitative estimate of drug-likeness (QED) is 0.632. The van der Waals surface area contributed by atoms with Gasteiger partial charge in [-0.1, -0.05) is 45.0 Å². The molecule has 1 N–H and O–H groups in total. The number of nitrogens with one attached hydrogen (secondary N) is 1. The molecule has 0 bridgehead atoms. The van der Waals surface area contributed by atoms with Crippen LogP contribution in [0.25, 0.3) is 0 Å². The van der Waals surface area contributed by atoms with Gasteiger partial charge in [0.2, 0.25) is 5.82 Å². The fourth-order valence-corrected chi connectivity index (χ4v) is 3.79. The lowest BCUT2D eigenvalue weighted by Crippen LogP contribution is -2.53. The van der Waals surface area contributed by atoms with Crippen LogP contribution in [0, 0.1) is 16.7 Å². The number of rotatable bonds is 7. The van der Waals surface area contributed by atoms with Crippen molar-refractivity contribution in [3.63, 3.8) is 0 Å². The Hall–Kier alpha value is -2.86. The second kappa shape index (κ2) is 10.6. The first kappa shape index (κ1) is 25.8. The molecule has 1 aromatic carbocycles. The summed E-state index contributed by atoms with van der Waals surface area (Å²) in [5.41, 5.74) is 4.55. The highest BCUT2D eigenvalue weighted by Gasteiger charge is 2.36. The number of hydrazine groups is 1. The molecule has 8 nitrogen and oxygen atoms in total. The molecule has 2 heterocycles. The molecular formula is C26H37N7O. The van der Waals surface area contributed by atoms with Crippen LogP contribution < -0.4 is 10.4 Å². The predicted octanol–water partition coefficient (Wildman–Crippen LogP) is 2.96. The first-order chi connectivity index (χ1) is 16.0. The summed E-state index contributed by atoms with van der Waals surface area (Å²) < 4.78 is 0. The monoisotopic (exact) mass is 463 g/mol. The smallest absolute Gasteiger partial charge is 0.252 e. The Kier molecular flexibility index (Phi) is 8.03. The van der Waals surface area contributed by atoms with Crippen LogP contribution in [0.4, 0.5) is 5.82 Å². The standard InChI is InChI=1S/C26H37N7O/c1-25(2,3)19-29-33(23-11-12-28-22(17-27)30-23)24(34)26(4,5)21-9-7-20(8-10-21)18-32-15-13-31(6)14-16-32/h7-12,29H,13-16,18-19H2,1-6H3. The molecule has 0 atom stereocenters. The van der Waals surface area contributed by atoms with Crippen LogP contribution in [-0.2, 0) is 16.8 Å². The lowest BCUT2D eigenvalue weighted by molar-refractivity contribution is -0.123. The Labute approximate surface area is 203 Å². The molecule has 182 valence electrons. The van der Waals surface area contributed by atoms with Gasteiger partial charge in [-0.3, -0.25) is 9.69 Å². The second-order valence-electron chi connectivity index (χ2n) is 10.8. The third-order valence-corrected chi connectivity index (χ3v) is 6.15. The zero-order chi connectivity index (χ0) is 24.9. The van der Waals surface area contributed by atoms with Gasteiger partial charge in [0.15, 0.2) is 5.82 Å². The summed E-state index contributed by atoms with van der Waals surface area (Å²) in [5.74, 6) is 0.241. The molecule has 8 heteroatoms. The summed E-state index contributed by atoms with van der Waals surface area (Å²) in [4.78, 5) is 26.8. The Morgan fingerprint density at radius 1 is 1.09 bits per heavy atom. The van der Waals surface area contributed by atoms with Crippen LogP contribution in [0.3, 0.4) is 0 Å². The van der Waals surface area contributed by atoms with Crippen LogP contribution >= 0.6 is 0 Å². The average Bonchev–Trinajstić information content (AvgIpc) is 2.80. The van der Waals surface area contributed by atoms with Crippen molar-refractivity contribution in [2.75, 3.05) is 44.8 Å². The topological polar surface area (TPSA) is 88.4 Å². The fraction of sp³-hybridized carbons (Fsp3) is 0.538. The van der Waals surface area contributed by atoms with Crippen LogP contribution in [0.5, 0.6) is 0 Å². The number of hydrogen-bond acceptors (Lipinski definition) is 7. The van der Waals surface area contributed by atoms with E-state index in [-0.39, 0.29) is 17.1 Å². The summed E-state index contributed by atoms with van der Waals surface area (Å²) in [6.45, 7) is 15.9. The van der Waals surface area contributed by atoms with Crippen LogP contribution in [-0.4, -0.2) is 65.4 Å². The molecule has 1 aliphatic heterocycles. The fourth-order valence-electron chi connectivity index (χ4n) is 3.79. The van der Waals surface area contributed by atoms with E-state index in [4.69, 9.17) is 0 Å². The molecule has 1 aromatic heterocycles. The second-order valence-corrected chi connectivity index (χ2v) is 10.8. The number of nitrogens with zero attached hydrogens (tertiary/aromatic N) is 6. The third-order valence-electron chi connectivity index (χ3n) is 6.15. The number of carbonyl (C=O) groups excluding carboxylic acids is 1. The minimum atomic E-state index is -0.811. The molecule has 1 amide bonds. The van der Waals surface area contributed by atoms with E-state index in [2.05, 4.69) is 65.1 Å². The zero-order valence-corrected chi connectivity index (χ0v) is 21.3. The Bertz CT molecular complexity index is 1010. The highest BCUT2D eigenvalue weighted by atomic mass is 16.2. The molecule has 1 fully saturated rings. The largest absolute Gasteiger partial charge is 0.304 e. The van der Waals surface area contributed by atoms with E-state index in [0.717, 1.165) is 38.3 Å². The maximum absolute atomic E-state index is 13.8. The van der Waals surface area contributed by atoms with Crippen molar-refractivity contribution in [3.05, 3.63) is 53.5 Å². The lowest BCUT2D eigenvalue weighted by Gasteiger charge is -2.34. The van der Waals surface area contributed by atoms with Crippen molar-refractivity contribution in [1.82, 2.24) is 25.2 Å². The molecule has 0 radical (unpaired) electrons. The minimum absolute atomic E-state index is 0.0268. The molecule has 0 spiro atoms. The van der Waals surface area contributed by atoms with Gasteiger partial charge < -0.3 is 4.90 Å². The normalized spacial score (nSPS) is 15.7. The third kappa shape index (κ3) is 6.60. The van der Waals surface area contributed by atoms with Gasteiger partial charge in [-0.2, -0.15) is 10.2 Å². The highest BCUT2D eigenvalue weighted by molar-refractivity contribution is 5.99. The van der Waals surface area contributed by atoms with E-state index >= 15 is 0 Å². The van der Waals surface area contributed by atoms with Gasteiger partial charge >= 0.3 is 0 Å². The number of anilines is 1. The van der Waals surface area contributed by atoms with Gasteiger partial charge in [0.25, 0.3) is 5.91 Å². The van der Waals surface area contributed by atoms with E-state index in [9.17, 15) is 10.1 Å². The Morgan fingerprint density at radius 3 is 2.32 bits per heavy atom. The lowest BCUT2D eigenvalue weighted by atomic mass is 9.83. The summed E-state index contributed by atoms with van der Waals surface area (Å²) >= 11 is 0. The molecule has 3 rings (SSSR count). The van der Waals surface area contributed by atoms with E-state index < -0.39 is 5.41 Å². The Balaban J connectivity index is 1.80. The number of nitriles is 1. The van der Waals surface area contributed by atoms with Gasteiger partial charge in [-0.05, 0) is 37.4 Å². The van der Waals surface area contributed by atoms with E-state index in [1.807, 2.05) is 32.0 Å². The molecule has 1 aliphatic rings. The van der Waals surface area contributed by atoms with Gasteiger partial charge in [0.1, 0.15) is 6.07 Å². The number of hydrogen-bond donors (Lipinski definition) is 1. The number of amides is 1. The molecule has 1 saturated heterocycles. The number of carbonyl (C=O) groups is 1. The van der Waals surface area contributed by atoms with Gasteiger partial charge in [0.05, 0.1) is 5.41 Å². The van der Waals surface area contributed by atoms with E-state index in [0.29, 0.717) is 12.4 Å². The van der Waals surface area contributed by atoms with Crippen molar-refractivity contribution in [2.24, 2.45) is 5.41 Å². The number of benzene rings is 1. The molecule has 2 aromatic rings. The maximum Gasteiger partial charge on any atom is 0.252 e. The van der Waals surface area contributed by atoms with Gasteiger partial charge in [0, 0.05) is 51.5 Å². The van der Waals surface area contributed by atoms with Gasteiger partial charge in [-0.25, -0.2) is 15.4 Å². The molecule has 0 aliphatic carbocycles. The highest BCUT2D eigenvalue weighted by Crippen LogP contribution is 2.28. The van der Waals surface area contributed by atoms with Gasteiger partial charge in [-0.15, -0.1) is 0 Å². The summed E-state index contributed by atoms with van der Waals surface area (Å²) in [5, 5.41) is 10.7. The van der Waals surface area contributed by atoms with Crippen molar-refractivity contribution >= 4 is 11.7 Å². The maximum atomic E-state index is 13.8. The zero-order valence-electron chi connectivity index (χ0n) is 21.3. The summed E-state index contributed by atoms with van der Waals surface area (Å²) in [6, 6.07) is 11.9. The SMILES string of the molecule is CN1CCN(Cc2ccc(C(C)(C)C(=O)N(NCC(C)(C)C)c3ccnc(C#N)n3)cc2)CC1. The number of aromatic nitrogens is 2. The first-order valence-corrected chi connectivity index (χ1v) is 11.8. The van der Waals surface area contributed by atoms with Crippen molar-refractivity contribution in [3.8, 4) is 6.07 Å².